The molecule has 24 heavy (non-hydrogen) atoms. The largest absolute Gasteiger partial charge is 0.355 e. The van der Waals surface area contributed by atoms with E-state index in [4.69, 9.17) is 0 Å². The van der Waals surface area contributed by atoms with Gasteiger partial charge in [0.2, 0.25) is 5.91 Å². The number of halogens is 1. The van der Waals surface area contributed by atoms with Gasteiger partial charge in [-0.25, -0.2) is 0 Å². The summed E-state index contributed by atoms with van der Waals surface area (Å²) in [5.74, 6) is 0.219. The van der Waals surface area contributed by atoms with Gasteiger partial charge in [0.1, 0.15) is 0 Å². The van der Waals surface area contributed by atoms with Crippen LogP contribution in [0.15, 0.2) is 28.7 Å². The third-order valence-corrected chi connectivity index (χ3v) is 6.21. The number of hydrogen-bond donors (Lipinski definition) is 1. The second-order valence-corrected chi connectivity index (χ2v) is 8.35. The molecule has 1 heterocycles. The third-order valence-electron chi connectivity index (χ3n) is 5.68. The number of nitrogens with zero attached hydrogens (tertiary/aromatic N) is 1. The fraction of sp³-hybridized carbons (Fsp3) is 0.650. The first-order valence-corrected chi connectivity index (χ1v) is 10.2. The van der Waals surface area contributed by atoms with Crippen LogP contribution < -0.4 is 5.32 Å². The fourth-order valence-corrected chi connectivity index (χ4v) is 4.11. The van der Waals surface area contributed by atoms with Crippen LogP contribution >= 0.6 is 15.9 Å². The maximum Gasteiger partial charge on any atom is 0.230 e. The molecule has 1 amide bonds. The average Bonchev–Trinajstić information content (AvgIpc) is 3.38. The number of unbranched alkanes of at least 4 members (excludes halogenated alkanes) is 1. The van der Waals surface area contributed by atoms with Crippen molar-refractivity contribution in [3.63, 3.8) is 0 Å². The molecular formula is C20H29BrN2O. The van der Waals surface area contributed by atoms with Gasteiger partial charge in [-0.2, -0.15) is 0 Å². The molecule has 132 valence electrons. The van der Waals surface area contributed by atoms with Crippen molar-refractivity contribution in [3.8, 4) is 0 Å². The van der Waals surface area contributed by atoms with Crippen molar-refractivity contribution in [2.24, 2.45) is 0 Å². The first-order valence-electron chi connectivity index (χ1n) is 9.40. The Hall–Kier alpha value is -0.870. The van der Waals surface area contributed by atoms with Gasteiger partial charge < -0.3 is 10.2 Å². The van der Waals surface area contributed by atoms with Gasteiger partial charge in [-0.3, -0.25) is 4.79 Å². The molecule has 1 aromatic rings. The summed E-state index contributed by atoms with van der Waals surface area (Å²) in [6.45, 7) is 5.57. The molecule has 2 aliphatic rings. The lowest BCUT2D eigenvalue weighted by molar-refractivity contribution is -0.123. The molecular weight excluding hydrogens is 364 g/mol. The number of amides is 1. The predicted molar refractivity (Wildman–Crippen MR) is 102 cm³/mol. The van der Waals surface area contributed by atoms with Gasteiger partial charge in [0.15, 0.2) is 0 Å². The zero-order valence-corrected chi connectivity index (χ0v) is 16.3. The van der Waals surface area contributed by atoms with Gasteiger partial charge in [0, 0.05) is 17.1 Å². The fourth-order valence-electron chi connectivity index (χ4n) is 3.84. The van der Waals surface area contributed by atoms with E-state index in [9.17, 15) is 4.79 Å². The number of rotatable bonds is 7. The van der Waals surface area contributed by atoms with Crippen molar-refractivity contribution in [3.05, 3.63) is 34.3 Å². The van der Waals surface area contributed by atoms with Crippen molar-refractivity contribution in [2.75, 3.05) is 19.6 Å². The molecule has 2 fully saturated rings. The van der Waals surface area contributed by atoms with Crippen LogP contribution in [0.2, 0.25) is 0 Å². The molecule has 0 spiro atoms. The molecule has 3 nitrogen and oxygen atoms in total. The highest BCUT2D eigenvalue weighted by Gasteiger charge is 2.50. The lowest BCUT2D eigenvalue weighted by Crippen LogP contribution is -2.38. The molecule has 1 aliphatic heterocycles. The number of likely N-dealkylation sites (tertiary alicyclic amines) is 1. The molecule has 0 unspecified atom stereocenters. The topological polar surface area (TPSA) is 32.3 Å². The Labute approximate surface area is 154 Å². The van der Waals surface area contributed by atoms with E-state index < -0.39 is 0 Å². The van der Waals surface area contributed by atoms with Gasteiger partial charge in [-0.1, -0.05) is 34.5 Å². The molecule has 3 rings (SSSR count). The van der Waals surface area contributed by atoms with Crippen molar-refractivity contribution >= 4 is 21.8 Å². The first kappa shape index (κ1) is 17.9. The molecule has 1 aromatic carbocycles. The lowest BCUT2D eigenvalue weighted by Gasteiger charge is -2.33. The Morgan fingerprint density at radius 2 is 2.00 bits per heavy atom. The maximum atomic E-state index is 12.6. The minimum atomic E-state index is -0.248. The second kappa shape index (κ2) is 8.01. The van der Waals surface area contributed by atoms with Crippen LogP contribution in [0, 0.1) is 0 Å². The summed E-state index contributed by atoms with van der Waals surface area (Å²) in [6, 6.07) is 8.95. The normalized spacial score (nSPS) is 23.0. The Morgan fingerprint density at radius 3 is 2.67 bits per heavy atom. The highest BCUT2D eigenvalue weighted by Crippen LogP contribution is 2.48. The average molecular weight is 393 g/mol. The molecule has 1 saturated heterocycles. The van der Waals surface area contributed by atoms with E-state index in [0.717, 1.165) is 41.9 Å². The zero-order valence-electron chi connectivity index (χ0n) is 14.7. The minimum absolute atomic E-state index is 0.219. The van der Waals surface area contributed by atoms with Crippen molar-refractivity contribution in [1.29, 1.82) is 0 Å². The monoisotopic (exact) mass is 392 g/mol. The summed E-state index contributed by atoms with van der Waals surface area (Å²) in [6.07, 6.45) is 8.27. The Balaban J connectivity index is 1.39. The van der Waals surface area contributed by atoms with Gasteiger partial charge in [0.05, 0.1) is 5.41 Å². The van der Waals surface area contributed by atoms with Crippen LogP contribution in [0.4, 0.5) is 0 Å². The number of carbonyl (C=O) groups is 1. The number of hydrogen-bond acceptors (Lipinski definition) is 2. The predicted octanol–water partition coefficient (Wildman–Crippen LogP) is 4.25. The van der Waals surface area contributed by atoms with E-state index in [1.807, 2.05) is 12.1 Å². The Morgan fingerprint density at radius 1 is 1.25 bits per heavy atom. The van der Waals surface area contributed by atoms with Gasteiger partial charge in [-0.05, 0) is 76.2 Å². The second-order valence-electron chi connectivity index (χ2n) is 7.43. The summed E-state index contributed by atoms with van der Waals surface area (Å²) in [5.41, 5.74) is 0.910. The zero-order chi connectivity index (χ0) is 17.0. The molecule has 1 saturated carbocycles. The number of nitrogens with one attached hydrogen (secondary N) is 1. The summed E-state index contributed by atoms with van der Waals surface area (Å²) >= 11 is 3.46. The van der Waals surface area contributed by atoms with Gasteiger partial charge >= 0.3 is 0 Å². The number of piperidine rings is 1. The van der Waals surface area contributed by atoms with Crippen LogP contribution in [-0.2, 0) is 10.2 Å². The van der Waals surface area contributed by atoms with E-state index in [-0.39, 0.29) is 11.3 Å². The van der Waals surface area contributed by atoms with Gasteiger partial charge in [0.25, 0.3) is 0 Å². The van der Waals surface area contributed by atoms with Crippen LogP contribution in [0.1, 0.15) is 57.4 Å². The van der Waals surface area contributed by atoms with E-state index in [0.29, 0.717) is 0 Å². The SMILES string of the molecule is C[C@H]1CCCCN1CCCCNC(=O)C1(c2ccc(Br)cc2)CC1. The summed E-state index contributed by atoms with van der Waals surface area (Å²) in [5, 5.41) is 3.18. The van der Waals surface area contributed by atoms with E-state index in [1.54, 1.807) is 0 Å². The van der Waals surface area contributed by atoms with E-state index in [1.165, 1.54) is 38.8 Å². The highest BCUT2D eigenvalue weighted by atomic mass is 79.9. The van der Waals surface area contributed by atoms with Gasteiger partial charge in [-0.15, -0.1) is 0 Å². The third kappa shape index (κ3) is 4.20. The molecule has 1 N–H and O–H groups in total. The Bertz CT molecular complexity index is 553. The number of benzene rings is 1. The summed E-state index contributed by atoms with van der Waals surface area (Å²) < 4.78 is 1.06. The molecule has 1 atom stereocenters. The standard InChI is InChI=1S/C20H29BrN2O/c1-16-6-2-4-14-23(16)15-5-3-13-22-19(24)20(11-12-20)17-7-9-18(21)10-8-17/h7-10,16H,2-6,11-15H2,1H3,(H,22,24)/t16-/m0/s1. The van der Waals surface area contributed by atoms with E-state index in [2.05, 4.69) is 45.2 Å². The van der Waals surface area contributed by atoms with Crippen molar-refractivity contribution in [1.82, 2.24) is 10.2 Å². The molecule has 0 bridgehead atoms. The van der Waals surface area contributed by atoms with E-state index >= 15 is 0 Å². The molecule has 0 aromatic heterocycles. The Kier molecular flexibility index (Phi) is 5.98. The summed E-state index contributed by atoms with van der Waals surface area (Å²) in [7, 11) is 0. The lowest BCUT2D eigenvalue weighted by atomic mass is 9.95. The number of carbonyl (C=O) groups excluding carboxylic acids is 1. The quantitative estimate of drug-likeness (QED) is 0.703. The van der Waals surface area contributed by atoms with Crippen molar-refractivity contribution in [2.45, 2.75) is 63.3 Å². The maximum absolute atomic E-state index is 12.6. The summed E-state index contributed by atoms with van der Waals surface area (Å²) in [4.78, 5) is 15.2. The van der Waals surface area contributed by atoms with Crippen LogP contribution in [0.3, 0.4) is 0 Å². The van der Waals surface area contributed by atoms with Crippen LogP contribution in [-0.4, -0.2) is 36.5 Å². The first-order chi connectivity index (χ1) is 11.6. The smallest absolute Gasteiger partial charge is 0.230 e. The minimum Gasteiger partial charge on any atom is -0.355 e. The molecule has 1 aliphatic carbocycles. The van der Waals surface area contributed by atoms with Crippen LogP contribution in [0.25, 0.3) is 0 Å². The van der Waals surface area contributed by atoms with Crippen LogP contribution in [0.5, 0.6) is 0 Å². The van der Waals surface area contributed by atoms with Crippen molar-refractivity contribution < 1.29 is 4.79 Å². The molecule has 0 radical (unpaired) electrons. The molecule has 4 heteroatoms. The highest BCUT2D eigenvalue weighted by molar-refractivity contribution is 9.10.